The Morgan fingerprint density at radius 2 is 1.91 bits per heavy atom. The number of carbonyl (C=O) groups is 2. The van der Waals surface area contributed by atoms with Crippen LogP contribution in [0.3, 0.4) is 0 Å². The second kappa shape index (κ2) is 7.23. The first-order chi connectivity index (χ1) is 10.9. The van der Waals surface area contributed by atoms with Crippen LogP contribution in [-0.2, 0) is 4.79 Å². The Hall–Kier alpha value is -2.42. The molecule has 2 aromatic rings. The van der Waals surface area contributed by atoms with Crippen molar-refractivity contribution in [3.63, 3.8) is 0 Å². The normalized spacial score (nSPS) is 12.2. The highest BCUT2D eigenvalue weighted by atomic mass is 32.2. The van der Waals surface area contributed by atoms with Gasteiger partial charge in [0.1, 0.15) is 0 Å². The number of urea groups is 1. The maximum atomic E-state index is 12.1. The highest BCUT2D eigenvalue weighted by Crippen LogP contribution is 2.27. The first-order valence-electron chi connectivity index (χ1n) is 7.01. The van der Waals surface area contributed by atoms with Gasteiger partial charge < -0.3 is 5.73 Å². The number of imide groups is 1. The molecule has 0 spiro atoms. The SMILES string of the molecule is Cc1ccc(-n2nnnc2S[C@@H](C(=O)NC(N)=O)C(C)C)cc1. The van der Waals surface area contributed by atoms with Crippen LogP contribution in [0, 0.1) is 12.8 Å². The smallest absolute Gasteiger partial charge is 0.318 e. The summed E-state index contributed by atoms with van der Waals surface area (Å²) in [5.74, 6) is -0.501. The van der Waals surface area contributed by atoms with E-state index in [9.17, 15) is 9.59 Å². The molecular weight excluding hydrogens is 316 g/mol. The third kappa shape index (κ3) is 4.28. The first-order valence-corrected chi connectivity index (χ1v) is 7.89. The predicted molar refractivity (Wildman–Crippen MR) is 86.1 cm³/mol. The van der Waals surface area contributed by atoms with Crippen LogP contribution >= 0.6 is 11.8 Å². The minimum Gasteiger partial charge on any atom is -0.351 e. The fraction of sp³-hybridized carbons (Fsp3) is 0.357. The van der Waals surface area contributed by atoms with E-state index in [0.29, 0.717) is 5.16 Å². The lowest BCUT2D eigenvalue weighted by molar-refractivity contribution is -0.120. The van der Waals surface area contributed by atoms with Gasteiger partial charge in [-0.25, -0.2) is 4.79 Å². The lowest BCUT2D eigenvalue weighted by Gasteiger charge is -2.18. The molecular formula is C14H18N6O2S. The van der Waals surface area contributed by atoms with Gasteiger partial charge in [0.25, 0.3) is 0 Å². The number of aryl methyl sites for hydroxylation is 1. The average molecular weight is 334 g/mol. The number of nitrogens with zero attached hydrogens (tertiary/aromatic N) is 4. The van der Waals surface area contributed by atoms with Crippen molar-refractivity contribution in [1.29, 1.82) is 0 Å². The third-order valence-corrected chi connectivity index (χ3v) is 4.54. The molecule has 1 aromatic heterocycles. The monoisotopic (exact) mass is 334 g/mol. The number of hydrogen-bond donors (Lipinski definition) is 2. The molecule has 1 atom stereocenters. The van der Waals surface area contributed by atoms with Crippen molar-refractivity contribution in [2.75, 3.05) is 0 Å². The van der Waals surface area contributed by atoms with Crippen LogP contribution in [0.15, 0.2) is 29.4 Å². The molecule has 0 saturated heterocycles. The minimum absolute atomic E-state index is 0.0393. The van der Waals surface area contributed by atoms with E-state index in [1.165, 1.54) is 11.8 Å². The number of rotatable bonds is 5. The third-order valence-electron chi connectivity index (χ3n) is 3.06. The van der Waals surface area contributed by atoms with Gasteiger partial charge in [-0.05, 0) is 35.4 Å². The number of nitrogens with two attached hydrogens (primary N) is 1. The topological polar surface area (TPSA) is 116 Å². The van der Waals surface area contributed by atoms with E-state index in [4.69, 9.17) is 5.73 Å². The molecule has 8 nitrogen and oxygen atoms in total. The summed E-state index contributed by atoms with van der Waals surface area (Å²) in [5, 5.41) is 13.6. The fourth-order valence-corrected chi connectivity index (χ4v) is 2.89. The fourth-order valence-electron chi connectivity index (χ4n) is 1.90. The number of primary amides is 1. The van der Waals surface area contributed by atoms with Gasteiger partial charge in [0.05, 0.1) is 10.9 Å². The van der Waals surface area contributed by atoms with Gasteiger partial charge >= 0.3 is 6.03 Å². The second-order valence-corrected chi connectivity index (χ2v) is 6.45. The van der Waals surface area contributed by atoms with Crippen LogP contribution in [0.1, 0.15) is 19.4 Å². The van der Waals surface area contributed by atoms with Crippen molar-refractivity contribution in [2.24, 2.45) is 11.7 Å². The molecule has 1 aromatic carbocycles. The molecule has 23 heavy (non-hydrogen) atoms. The summed E-state index contributed by atoms with van der Waals surface area (Å²) in [6, 6.07) is 6.81. The van der Waals surface area contributed by atoms with E-state index in [1.54, 1.807) is 4.68 Å². The minimum atomic E-state index is -0.876. The molecule has 0 aliphatic heterocycles. The number of hydrogen-bond acceptors (Lipinski definition) is 6. The largest absolute Gasteiger partial charge is 0.351 e. The van der Waals surface area contributed by atoms with E-state index >= 15 is 0 Å². The van der Waals surface area contributed by atoms with Crippen LogP contribution in [0.25, 0.3) is 5.69 Å². The number of carbonyl (C=O) groups excluding carboxylic acids is 2. The number of aromatic nitrogens is 4. The maximum absolute atomic E-state index is 12.1. The zero-order chi connectivity index (χ0) is 17.0. The molecule has 0 aliphatic rings. The number of benzene rings is 1. The number of thioether (sulfide) groups is 1. The van der Waals surface area contributed by atoms with Crippen LogP contribution in [0.5, 0.6) is 0 Å². The van der Waals surface area contributed by atoms with Gasteiger partial charge in [0.2, 0.25) is 11.1 Å². The lowest BCUT2D eigenvalue weighted by Crippen LogP contribution is -2.42. The van der Waals surface area contributed by atoms with Gasteiger partial charge in [0, 0.05) is 0 Å². The summed E-state index contributed by atoms with van der Waals surface area (Å²) in [6.45, 7) is 5.73. The van der Waals surface area contributed by atoms with Gasteiger partial charge in [0.15, 0.2) is 0 Å². The van der Waals surface area contributed by atoms with Crippen molar-refractivity contribution in [1.82, 2.24) is 25.5 Å². The number of tetrazole rings is 1. The van der Waals surface area contributed by atoms with Crippen molar-refractivity contribution >= 4 is 23.7 Å². The molecule has 0 radical (unpaired) electrons. The van der Waals surface area contributed by atoms with Crippen molar-refractivity contribution in [3.8, 4) is 5.69 Å². The van der Waals surface area contributed by atoms with Crippen molar-refractivity contribution < 1.29 is 9.59 Å². The van der Waals surface area contributed by atoms with Crippen LogP contribution in [0.2, 0.25) is 0 Å². The van der Waals surface area contributed by atoms with E-state index in [1.807, 2.05) is 45.0 Å². The van der Waals surface area contributed by atoms with E-state index in [2.05, 4.69) is 20.8 Å². The Kier molecular flexibility index (Phi) is 5.32. The summed E-state index contributed by atoms with van der Waals surface area (Å²) in [6.07, 6.45) is 0. The number of amides is 3. The Morgan fingerprint density at radius 1 is 1.26 bits per heavy atom. The second-order valence-electron chi connectivity index (χ2n) is 5.34. The van der Waals surface area contributed by atoms with E-state index in [-0.39, 0.29) is 5.92 Å². The average Bonchev–Trinajstić information content (AvgIpc) is 2.92. The van der Waals surface area contributed by atoms with E-state index in [0.717, 1.165) is 11.3 Å². The highest BCUT2D eigenvalue weighted by Gasteiger charge is 2.27. The zero-order valence-corrected chi connectivity index (χ0v) is 13.9. The predicted octanol–water partition coefficient (Wildman–Crippen LogP) is 1.28. The Labute approximate surface area is 137 Å². The van der Waals surface area contributed by atoms with Crippen molar-refractivity contribution in [3.05, 3.63) is 29.8 Å². The summed E-state index contributed by atoms with van der Waals surface area (Å²) in [7, 11) is 0. The zero-order valence-electron chi connectivity index (χ0n) is 13.1. The molecule has 3 amide bonds. The van der Waals surface area contributed by atoms with Gasteiger partial charge in [-0.15, -0.1) is 5.10 Å². The summed E-state index contributed by atoms with van der Waals surface area (Å²) >= 11 is 1.19. The quantitative estimate of drug-likeness (QED) is 0.796. The molecule has 0 saturated carbocycles. The lowest BCUT2D eigenvalue weighted by atomic mass is 10.1. The maximum Gasteiger partial charge on any atom is 0.318 e. The molecule has 3 N–H and O–H groups in total. The van der Waals surface area contributed by atoms with Crippen LogP contribution < -0.4 is 11.1 Å². The first kappa shape index (κ1) is 16.9. The summed E-state index contributed by atoms with van der Waals surface area (Å²) < 4.78 is 1.55. The molecule has 122 valence electrons. The van der Waals surface area contributed by atoms with Crippen LogP contribution in [0.4, 0.5) is 4.79 Å². The molecule has 2 rings (SSSR count). The molecule has 9 heteroatoms. The van der Waals surface area contributed by atoms with Gasteiger partial charge in [-0.3, -0.25) is 10.1 Å². The van der Waals surface area contributed by atoms with Crippen molar-refractivity contribution in [2.45, 2.75) is 31.2 Å². The molecule has 1 heterocycles. The molecule has 0 aliphatic carbocycles. The molecule has 0 fully saturated rings. The Balaban J connectivity index is 2.25. The standard InChI is InChI=1S/C14H18N6O2S/c1-8(2)11(12(21)16-13(15)22)23-14-17-18-19-20(14)10-6-4-9(3)5-7-10/h4-8,11H,1-3H3,(H3,15,16,21,22)/t11-/m1/s1. The Morgan fingerprint density at radius 3 is 2.48 bits per heavy atom. The summed E-state index contributed by atoms with van der Waals surface area (Å²) in [4.78, 5) is 23.0. The highest BCUT2D eigenvalue weighted by molar-refractivity contribution is 8.00. The molecule has 0 unspecified atom stereocenters. The van der Waals surface area contributed by atoms with Crippen LogP contribution in [-0.4, -0.2) is 37.4 Å². The van der Waals surface area contributed by atoms with Gasteiger partial charge in [-0.1, -0.05) is 43.3 Å². The molecule has 0 bridgehead atoms. The summed E-state index contributed by atoms with van der Waals surface area (Å²) in [5.41, 5.74) is 6.93. The van der Waals surface area contributed by atoms with Gasteiger partial charge in [-0.2, -0.15) is 4.68 Å². The Bertz CT molecular complexity index is 698. The van der Waals surface area contributed by atoms with E-state index < -0.39 is 17.2 Å². The number of nitrogens with one attached hydrogen (secondary N) is 1.